The van der Waals surface area contributed by atoms with Gasteiger partial charge in [0.05, 0.1) is 10.4 Å². The molecule has 0 aliphatic carbocycles. The van der Waals surface area contributed by atoms with Crippen molar-refractivity contribution in [1.82, 2.24) is 0 Å². The normalized spacial score (nSPS) is 11.2. The third kappa shape index (κ3) is 3.82. The highest BCUT2D eigenvalue weighted by Crippen LogP contribution is 2.34. The molecule has 0 fully saturated rings. The maximum atomic E-state index is 13.1. The van der Waals surface area contributed by atoms with Crippen LogP contribution in [0.2, 0.25) is 0 Å². The molecule has 1 aromatic rings. The summed E-state index contributed by atoms with van der Waals surface area (Å²) in [5.74, 6) is 0.00398. The number of benzene rings is 1. The molecule has 0 aliphatic heterocycles. The highest BCUT2D eigenvalue weighted by Gasteiger charge is 2.41. The Bertz CT molecular complexity index is 507. The number of carbonyl (C=O) groups excluding carboxylic acids is 1. The Labute approximate surface area is 133 Å². The van der Waals surface area contributed by atoms with E-state index in [0.717, 1.165) is 24.1 Å². The van der Waals surface area contributed by atoms with Gasteiger partial charge < -0.3 is 10.6 Å². The summed E-state index contributed by atoms with van der Waals surface area (Å²) in [7, 11) is 1.80. The van der Waals surface area contributed by atoms with Crippen LogP contribution in [0.3, 0.4) is 0 Å². The third-order valence-corrected chi connectivity index (χ3v) is 4.32. The predicted molar refractivity (Wildman–Crippen MR) is 93.6 cm³/mol. The van der Waals surface area contributed by atoms with E-state index in [4.69, 9.17) is 18.0 Å². The number of anilines is 1. The fourth-order valence-electron chi connectivity index (χ4n) is 2.82. The van der Waals surface area contributed by atoms with Crippen LogP contribution >= 0.6 is 12.2 Å². The summed E-state index contributed by atoms with van der Waals surface area (Å²) in [6.07, 6.45) is 3.16. The summed E-state index contributed by atoms with van der Waals surface area (Å²) in [5.41, 5.74) is 7.26. The van der Waals surface area contributed by atoms with E-state index in [1.54, 1.807) is 11.9 Å². The molecule has 0 aromatic heterocycles. The molecule has 2 N–H and O–H groups in total. The monoisotopic (exact) mass is 306 g/mol. The molecule has 0 saturated carbocycles. The Morgan fingerprint density at radius 3 is 2.29 bits per heavy atom. The van der Waals surface area contributed by atoms with Crippen LogP contribution in [0.15, 0.2) is 24.3 Å². The third-order valence-electron chi connectivity index (χ3n) is 3.93. The number of nitrogens with two attached hydrogens (primary N) is 1. The van der Waals surface area contributed by atoms with Gasteiger partial charge in [-0.1, -0.05) is 51.0 Å². The maximum Gasteiger partial charge on any atom is 0.239 e. The van der Waals surface area contributed by atoms with Gasteiger partial charge in [0.1, 0.15) is 0 Å². The Morgan fingerprint density at radius 2 is 1.86 bits per heavy atom. The molecule has 116 valence electrons. The SMILES string of the molecule is CCCC(CCC)(C(=O)N(C)c1cccc(C)c1)C(N)=S. The molecule has 0 spiro atoms. The summed E-state index contributed by atoms with van der Waals surface area (Å²) in [5, 5.41) is 0. The van der Waals surface area contributed by atoms with E-state index in [9.17, 15) is 4.79 Å². The van der Waals surface area contributed by atoms with Gasteiger partial charge in [-0.05, 0) is 37.5 Å². The highest BCUT2D eigenvalue weighted by atomic mass is 32.1. The van der Waals surface area contributed by atoms with Crippen molar-refractivity contribution in [3.05, 3.63) is 29.8 Å². The van der Waals surface area contributed by atoms with Crippen molar-refractivity contribution >= 4 is 28.8 Å². The fraction of sp³-hybridized carbons (Fsp3) is 0.529. The van der Waals surface area contributed by atoms with Gasteiger partial charge in [-0.15, -0.1) is 0 Å². The lowest BCUT2D eigenvalue weighted by atomic mass is 9.77. The second kappa shape index (κ2) is 7.55. The Morgan fingerprint density at radius 1 is 1.29 bits per heavy atom. The second-order valence-corrected chi connectivity index (χ2v) is 6.09. The molecule has 0 saturated heterocycles. The molecule has 1 amide bonds. The van der Waals surface area contributed by atoms with Gasteiger partial charge in [-0.3, -0.25) is 4.79 Å². The summed E-state index contributed by atoms with van der Waals surface area (Å²) in [6.45, 7) is 6.13. The molecule has 4 heteroatoms. The van der Waals surface area contributed by atoms with Crippen molar-refractivity contribution in [2.75, 3.05) is 11.9 Å². The Balaban J connectivity index is 3.18. The van der Waals surface area contributed by atoms with Gasteiger partial charge in [0.2, 0.25) is 5.91 Å². The first-order valence-corrected chi connectivity index (χ1v) is 7.94. The average Bonchev–Trinajstić information content (AvgIpc) is 2.45. The summed E-state index contributed by atoms with van der Waals surface area (Å²) >= 11 is 5.26. The molecule has 3 nitrogen and oxygen atoms in total. The molecule has 0 aliphatic rings. The molecule has 0 bridgehead atoms. The number of hydrogen-bond acceptors (Lipinski definition) is 2. The zero-order valence-corrected chi connectivity index (χ0v) is 14.3. The van der Waals surface area contributed by atoms with Gasteiger partial charge in [-0.25, -0.2) is 0 Å². The molecular weight excluding hydrogens is 280 g/mol. The molecule has 0 atom stereocenters. The van der Waals surface area contributed by atoms with Gasteiger partial charge in [0, 0.05) is 12.7 Å². The quantitative estimate of drug-likeness (QED) is 0.779. The predicted octanol–water partition coefficient (Wildman–Crippen LogP) is 3.83. The lowest BCUT2D eigenvalue weighted by molar-refractivity contribution is -0.125. The molecule has 0 radical (unpaired) electrons. The number of carbonyl (C=O) groups is 1. The van der Waals surface area contributed by atoms with Gasteiger partial charge in [0.25, 0.3) is 0 Å². The molecule has 1 rings (SSSR count). The zero-order valence-electron chi connectivity index (χ0n) is 13.5. The first-order valence-electron chi connectivity index (χ1n) is 7.53. The fourth-order valence-corrected chi connectivity index (χ4v) is 3.11. The number of nitrogens with zero attached hydrogens (tertiary/aromatic N) is 1. The Hall–Kier alpha value is -1.42. The summed E-state index contributed by atoms with van der Waals surface area (Å²) in [6, 6.07) is 7.91. The van der Waals surface area contributed by atoms with Crippen molar-refractivity contribution in [3.63, 3.8) is 0 Å². The minimum atomic E-state index is -0.725. The Kier molecular flexibility index (Phi) is 6.34. The van der Waals surface area contributed by atoms with E-state index in [1.165, 1.54) is 0 Å². The zero-order chi connectivity index (χ0) is 16.0. The first kappa shape index (κ1) is 17.6. The van der Waals surface area contributed by atoms with Crippen molar-refractivity contribution < 1.29 is 4.79 Å². The topological polar surface area (TPSA) is 46.3 Å². The van der Waals surface area contributed by atoms with E-state index in [0.29, 0.717) is 17.8 Å². The highest BCUT2D eigenvalue weighted by molar-refractivity contribution is 7.80. The minimum absolute atomic E-state index is 0.00398. The lowest BCUT2D eigenvalue weighted by Gasteiger charge is -2.35. The average molecular weight is 306 g/mol. The number of rotatable bonds is 7. The van der Waals surface area contributed by atoms with Crippen molar-refractivity contribution in [2.45, 2.75) is 46.5 Å². The largest absolute Gasteiger partial charge is 0.392 e. The molecule has 0 unspecified atom stereocenters. The summed E-state index contributed by atoms with van der Waals surface area (Å²) in [4.78, 5) is 15.1. The maximum absolute atomic E-state index is 13.1. The minimum Gasteiger partial charge on any atom is -0.392 e. The van der Waals surface area contributed by atoms with Gasteiger partial charge in [-0.2, -0.15) is 0 Å². The van der Waals surface area contributed by atoms with Crippen LogP contribution in [0.4, 0.5) is 5.69 Å². The van der Waals surface area contributed by atoms with Crippen LogP contribution < -0.4 is 10.6 Å². The number of aryl methyl sites for hydroxylation is 1. The second-order valence-electron chi connectivity index (χ2n) is 5.65. The van der Waals surface area contributed by atoms with E-state index < -0.39 is 5.41 Å². The first-order chi connectivity index (χ1) is 9.89. The smallest absolute Gasteiger partial charge is 0.239 e. The molecule has 21 heavy (non-hydrogen) atoms. The van der Waals surface area contributed by atoms with Crippen molar-refractivity contribution in [2.24, 2.45) is 11.1 Å². The van der Waals surface area contributed by atoms with E-state index in [2.05, 4.69) is 13.8 Å². The summed E-state index contributed by atoms with van der Waals surface area (Å²) < 4.78 is 0. The van der Waals surface area contributed by atoms with Crippen LogP contribution in [0.25, 0.3) is 0 Å². The van der Waals surface area contributed by atoms with Crippen LogP contribution in [0, 0.1) is 12.3 Å². The number of amides is 1. The van der Waals surface area contributed by atoms with E-state index >= 15 is 0 Å². The van der Waals surface area contributed by atoms with Crippen LogP contribution in [0.1, 0.15) is 45.1 Å². The van der Waals surface area contributed by atoms with Crippen LogP contribution in [-0.4, -0.2) is 17.9 Å². The standard InChI is InChI=1S/C17H26N2OS/c1-5-10-17(11-6-2,15(18)21)16(20)19(4)14-9-7-8-13(3)12-14/h7-9,12H,5-6,10-11H2,1-4H3,(H2,18,21). The van der Waals surface area contributed by atoms with Crippen LogP contribution in [-0.2, 0) is 4.79 Å². The number of hydrogen-bond donors (Lipinski definition) is 1. The van der Waals surface area contributed by atoms with Crippen molar-refractivity contribution in [1.29, 1.82) is 0 Å². The lowest BCUT2D eigenvalue weighted by Crippen LogP contribution is -2.49. The van der Waals surface area contributed by atoms with Crippen molar-refractivity contribution in [3.8, 4) is 0 Å². The molecule has 0 heterocycles. The molecular formula is C17H26N2OS. The van der Waals surface area contributed by atoms with E-state index in [-0.39, 0.29) is 5.91 Å². The van der Waals surface area contributed by atoms with E-state index in [1.807, 2.05) is 31.2 Å². The van der Waals surface area contributed by atoms with Crippen LogP contribution in [0.5, 0.6) is 0 Å². The van der Waals surface area contributed by atoms with Gasteiger partial charge in [0.15, 0.2) is 0 Å². The number of thiocarbonyl (C=S) groups is 1. The molecule has 1 aromatic carbocycles. The van der Waals surface area contributed by atoms with Gasteiger partial charge >= 0.3 is 0 Å².